The summed E-state index contributed by atoms with van der Waals surface area (Å²) in [6.45, 7) is 4.43. The Kier molecular flexibility index (Phi) is 25.6. The third-order valence-corrected chi connectivity index (χ3v) is 5.95. The smallest absolute Gasteiger partial charge is 0.407 e. The van der Waals surface area contributed by atoms with Gasteiger partial charge < -0.3 is 53.8 Å². The monoisotopic (exact) mass is 615 g/mol. The molecule has 242 valence electrons. The predicted octanol–water partition coefficient (Wildman–Crippen LogP) is 1.81. The van der Waals surface area contributed by atoms with Crippen molar-refractivity contribution in [3.05, 3.63) is 0 Å². The number of carbonyl (C=O) groups is 3. The van der Waals surface area contributed by atoms with E-state index in [9.17, 15) is 18.9 Å². The van der Waals surface area contributed by atoms with E-state index in [0.29, 0.717) is 71.6 Å². The third kappa shape index (κ3) is 27.9. The van der Waals surface area contributed by atoms with Crippen LogP contribution in [0.1, 0.15) is 44.9 Å². The van der Waals surface area contributed by atoms with Crippen molar-refractivity contribution in [2.24, 2.45) is 0 Å². The van der Waals surface area contributed by atoms with Crippen LogP contribution in [-0.4, -0.2) is 122 Å². The summed E-state index contributed by atoms with van der Waals surface area (Å²) in [4.78, 5) is 45.8. The molecule has 0 saturated heterocycles. The third-order valence-electron chi connectivity index (χ3n) is 5.28. The van der Waals surface area contributed by atoms with Gasteiger partial charge in [0, 0.05) is 34.0 Å². The standard InChI is InChI=1S/C25H50N3O12P/c1-34-14-16-36-18-20-38-24(30)27-12-8-6-10-22(28-25(31)39-21-19-37-17-15-35-2)23(29)26-11-7-4-5-9-13-40-41(3,32)33/h22H,4-21H2,1-3H3,(H,26,29)(H,27,30)(H,28,31)(H,32,33). The number of hydrogen-bond acceptors (Lipinski definition) is 11. The van der Waals surface area contributed by atoms with Crippen molar-refractivity contribution in [3.8, 4) is 0 Å². The minimum atomic E-state index is -3.45. The van der Waals surface area contributed by atoms with E-state index in [-0.39, 0.29) is 38.9 Å². The first kappa shape index (κ1) is 39.0. The summed E-state index contributed by atoms with van der Waals surface area (Å²) in [5, 5.41) is 8.05. The second-order valence-corrected chi connectivity index (χ2v) is 10.8. The van der Waals surface area contributed by atoms with Gasteiger partial charge in [0.1, 0.15) is 19.3 Å². The maximum atomic E-state index is 12.7. The van der Waals surface area contributed by atoms with Gasteiger partial charge in [0.2, 0.25) is 5.91 Å². The maximum absolute atomic E-state index is 12.7. The van der Waals surface area contributed by atoms with E-state index in [1.165, 1.54) is 0 Å². The molecular weight excluding hydrogens is 565 g/mol. The fourth-order valence-electron chi connectivity index (χ4n) is 3.19. The van der Waals surface area contributed by atoms with Gasteiger partial charge in [0.05, 0.1) is 46.2 Å². The Bertz CT molecular complexity index is 726. The molecule has 0 saturated carbocycles. The van der Waals surface area contributed by atoms with Gasteiger partial charge in [-0.1, -0.05) is 12.8 Å². The van der Waals surface area contributed by atoms with Crippen LogP contribution in [0.15, 0.2) is 0 Å². The first-order chi connectivity index (χ1) is 19.7. The molecule has 0 fully saturated rings. The molecule has 16 heteroatoms. The average molecular weight is 616 g/mol. The average Bonchev–Trinajstić information content (AvgIpc) is 2.92. The predicted molar refractivity (Wildman–Crippen MR) is 150 cm³/mol. The fraction of sp³-hybridized carbons (Fsp3) is 0.880. The molecule has 3 amide bonds. The number of hydrogen-bond donors (Lipinski definition) is 4. The van der Waals surface area contributed by atoms with Crippen LogP contribution < -0.4 is 16.0 Å². The van der Waals surface area contributed by atoms with Crippen molar-refractivity contribution < 1.29 is 56.8 Å². The van der Waals surface area contributed by atoms with Gasteiger partial charge in [-0.2, -0.15) is 0 Å². The van der Waals surface area contributed by atoms with Crippen LogP contribution >= 0.6 is 7.60 Å². The van der Waals surface area contributed by atoms with Gasteiger partial charge in [-0.15, -0.1) is 0 Å². The highest BCUT2D eigenvalue weighted by Gasteiger charge is 2.21. The van der Waals surface area contributed by atoms with Crippen molar-refractivity contribution >= 4 is 25.7 Å². The summed E-state index contributed by atoms with van der Waals surface area (Å²) in [6.07, 6.45) is 3.08. The Morgan fingerprint density at radius 2 is 1.22 bits per heavy atom. The molecule has 2 atom stereocenters. The van der Waals surface area contributed by atoms with E-state index >= 15 is 0 Å². The van der Waals surface area contributed by atoms with Crippen molar-refractivity contribution in [2.45, 2.75) is 51.0 Å². The Morgan fingerprint density at radius 1 is 0.683 bits per heavy atom. The number of ether oxygens (including phenoxy) is 6. The highest BCUT2D eigenvalue weighted by Crippen LogP contribution is 2.36. The lowest BCUT2D eigenvalue weighted by Crippen LogP contribution is -2.47. The Labute approximate surface area is 243 Å². The summed E-state index contributed by atoms with van der Waals surface area (Å²) >= 11 is 0. The molecule has 4 N–H and O–H groups in total. The first-order valence-electron chi connectivity index (χ1n) is 13.9. The quantitative estimate of drug-likeness (QED) is 0.0776. The molecule has 0 aliphatic heterocycles. The van der Waals surface area contributed by atoms with E-state index < -0.39 is 25.8 Å². The van der Waals surface area contributed by atoms with Crippen molar-refractivity contribution in [1.82, 2.24) is 16.0 Å². The highest BCUT2D eigenvalue weighted by molar-refractivity contribution is 7.51. The van der Waals surface area contributed by atoms with E-state index in [1.54, 1.807) is 14.2 Å². The molecule has 15 nitrogen and oxygen atoms in total. The Morgan fingerprint density at radius 3 is 1.83 bits per heavy atom. The summed E-state index contributed by atoms with van der Waals surface area (Å²) in [5.74, 6) is -0.338. The highest BCUT2D eigenvalue weighted by atomic mass is 31.2. The van der Waals surface area contributed by atoms with Gasteiger partial charge in [-0.05, 0) is 32.1 Å². The summed E-state index contributed by atoms with van der Waals surface area (Å²) in [6, 6.07) is -0.815. The van der Waals surface area contributed by atoms with E-state index in [4.69, 9.17) is 37.8 Å². The molecule has 0 aliphatic rings. The molecule has 0 rings (SSSR count). The molecule has 2 unspecified atom stereocenters. The summed E-state index contributed by atoms with van der Waals surface area (Å²) in [7, 11) is -0.326. The zero-order chi connectivity index (χ0) is 30.6. The molecule has 0 bridgehead atoms. The Balaban J connectivity index is 4.36. The second kappa shape index (κ2) is 26.9. The number of methoxy groups -OCH3 is 2. The molecular formula is C25H50N3O12P. The molecule has 0 spiro atoms. The number of carbonyl (C=O) groups excluding carboxylic acids is 3. The lowest BCUT2D eigenvalue weighted by atomic mass is 10.1. The van der Waals surface area contributed by atoms with Crippen LogP contribution in [0.3, 0.4) is 0 Å². The van der Waals surface area contributed by atoms with Crippen LogP contribution in [0.25, 0.3) is 0 Å². The van der Waals surface area contributed by atoms with E-state index in [2.05, 4.69) is 16.0 Å². The fourth-order valence-corrected chi connectivity index (χ4v) is 3.66. The molecule has 0 aliphatic carbocycles. The van der Waals surface area contributed by atoms with Crippen LogP contribution in [-0.2, 0) is 42.3 Å². The van der Waals surface area contributed by atoms with Crippen LogP contribution in [0.4, 0.5) is 9.59 Å². The van der Waals surface area contributed by atoms with Crippen molar-refractivity contribution in [1.29, 1.82) is 0 Å². The molecule has 0 aromatic heterocycles. The topological polar surface area (TPSA) is 189 Å². The van der Waals surface area contributed by atoms with Gasteiger partial charge >= 0.3 is 19.8 Å². The van der Waals surface area contributed by atoms with Gasteiger partial charge in [-0.3, -0.25) is 9.36 Å². The van der Waals surface area contributed by atoms with Crippen LogP contribution in [0, 0.1) is 0 Å². The number of rotatable bonds is 27. The Hall–Kier alpha value is -2.00. The molecule has 0 heterocycles. The minimum absolute atomic E-state index is 0.0286. The molecule has 0 aromatic rings. The lowest BCUT2D eigenvalue weighted by molar-refractivity contribution is -0.123. The zero-order valence-corrected chi connectivity index (χ0v) is 25.6. The normalized spacial score (nSPS) is 13.2. The number of alkyl carbamates (subject to hydrolysis) is 2. The molecule has 41 heavy (non-hydrogen) atoms. The summed E-state index contributed by atoms with van der Waals surface area (Å²) in [5.41, 5.74) is 0. The van der Waals surface area contributed by atoms with Gasteiger partial charge in [0.15, 0.2) is 0 Å². The van der Waals surface area contributed by atoms with Gasteiger partial charge in [0.25, 0.3) is 0 Å². The largest absolute Gasteiger partial charge is 0.447 e. The lowest BCUT2D eigenvalue weighted by Gasteiger charge is -2.18. The molecule has 0 aromatic carbocycles. The van der Waals surface area contributed by atoms with Crippen molar-refractivity contribution in [2.75, 3.05) is 93.4 Å². The van der Waals surface area contributed by atoms with Crippen LogP contribution in [0.5, 0.6) is 0 Å². The van der Waals surface area contributed by atoms with Crippen LogP contribution in [0.2, 0.25) is 0 Å². The zero-order valence-electron chi connectivity index (χ0n) is 24.7. The van der Waals surface area contributed by atoms with Crippen molar-refractivity contribution in [3.63, 3.8) is 0 Å². The SMILES string of the molecule is COCCOCCOC(=O)NCCCCC(NC(=O)OCCOCCOC)C(=O)NCCCCCCOP(C)(=O)O. The first-order valence-corrected chi connectivity index (χ1v) is 15.9. The minimum Gasteiger partial charge on any atom is -0.447 e. The second-order valence-electron chi connectivity index (χ2n) is 8.94. The summed E-state index contributed by atoms with van der Waals surface area (Å²) < 4.78 is 46.2. The van der Waals surface area contributed by atoms with E-state index in [0.717, 1.165) is 19.5 Å². The number of unbranched alkanes of at least 4 members (excludes halogenated alkanes) is 4. The maximum Gasteiger partial charge on any atom is 0.407 e. The number of amides is 3. The van der Waals surface area contributed by atoms with Gasteiger partial charge in [-0.25, -0.2) is 9.59 Å². The number of nitrogens with one attached hydrogen (secondary N) is 3. The van der Waals surface area contributed by atoms with E-state index in [1.807, 2.05) is 0 Å². The molecule has 0 radical (unpaired) electrons.